The Bertz CT molecular complexity index is 1190. The first-order valence-electron chi connectivity index (χ1n) is 10.6. The Kier molecular flexibility index (Phi) is 4.77. The van der Waals surface area contributed by atoms with Crippen LogP contribution in [0.25, 0.3) is 5.69 Å². The maximum absolute atomic E-state index is 13.2. The molecule has 2 aliphatic rings. The molecule has 3 aromatic rings. The molecule has 2 aromatic carbocycles. The molecule has 162 valence electrons. The lowest BCUT2D eigenvalue weighted by atomic mass is 9.92. The number of imide groups is 1. The summed E-state index contributed by atoms with van der Waals surface area (Å²) >= 11 is 0. The fourth-order valence-electron chi connectivity index (χ4n) is 4.59. The Hall–Kier alpha value is -3.94. The molecule has 5 rings (SSSR count). The fraction of sp³-hybridized carbons (Fsp3) is 0.250. The predicted octanol–water partition coefficient (Wildman–Crippen LogP) is 2.44. The Labute approximate surface area is 185 Å². The standard InChI is InChI=1S/C24H23N5O3/c1-16(17-6-8-19(9-7-17)28-13-12-25-15-28)26-21(30)14-29-22(31)24(27-23(29)32)11-10-18-4-2-3-5-20(18)24/h2-9,12-13,15-16H,10-11,14H2,1H3,(H,26,30)(H,27,32)/t16-,24+/m1/s1. The number of hydrogen-bond donors (Lipinski definition) is 2. The molecule has 2 N–H and O–H groups in total. The maximum Gasteiger partial charge on any atom is 0.325 e. The monoisotopic (exact) mass is 429 g/mol. The van der Waals surface area contributed by atoms with E-state index < -0.39 is 11.6 Å². The number of aromatic nitrogens is 2. The van der Waals surface area contributed by atoms with Crippen molar-refractivity contribution >= 4 is 17.8 Å². The number of rotatable bonds is 5. The molecular formula is C24H23N5O3. The third-order valence-electron chi connectivity index (χ3n) is 6.30. The van der Waals surface area contributed by atoms with Gasteiger partial charge in [-0.2, -0.15) is 0 Å². The van der Waals surface area contributed by atoms with Gasteiger partial charge in [-0.15, -0.1) is 0 Å². The molecule has 4 amide bonds. The van der Waals surface area contributed by atoms with E-state index in [-0.39, 0.29) is 24.4 Å². The van der Waals surface area contributed by atoms with Gasteiger partial charge in [-0.1, -0.05) is 36.4 Å². The molecule has 1 fully saturated rings. The van der Waals surface area contributed by atoms with Crippen LogP contribution in [-0.2, 0) is 21.5 Å². The number of hydrogen-bond acceptors (Lipinski definition) is 4. The zero-order valence-corrected chi connectivity index (χ0v) is 17.6. The Balaban J connectivity index is 1.25. The number of amides is 4. The van der Waals surface area contributed by atoms with E-state index in [0.717, 1.165) is 27.3 Å². The van der Waals surface area contributed by atoms with E-state index in [1.165, 1.54) is 0 Å². The Morgan fingerprint density at radius 2 is 1.97 bits per heavy atom. The minimum Gasteiger partial charge on any atom is -0.348 e. The summed E-state index contributed by atoms with van der Waals surface area (Å²) in [7, 11) is 0. The largest absolute Gasteiger partial charge is 0.348 e. The Morgan fingerprint density at radius 1 is 1.19 bits per heavy atom. The van der Waals surface area contributed by atoms with Crippen molar-refractivity contribution < 1.29 is 14.4 Å². The van der Waals surface area contributed by atoms with Gasteiger partial charge in [0.15, 0.2) is 0 Å². The Morgan fingerprint density at radius 3 is 2.72 bits per heavy atom. The van der Waals surface area contributed by atoms with E-state index in [1.54, 1.807) is 12.5 Å². The van der Waals surface area contributed by atoms with Crippen molar-refractivity contribution in [2.45, 2.75) is 31.3 Å². The van der Waals surface area contributed by atoms with Gasteiger partial charge in [-0.3, -0.25) is 14.5 Å². The van der Waals surface area contributed by atoms with Crippen LogP contribution in [-0.4, -0.2) is 38.8 Å². The van der Waals surface area contributed by atoms with Crippen LogP contribution in [0, 0.1) is 0 Å². The number of carbonyl (C=O) groups is 3. The average Bonchev–Trinajstić information content (AvgIpc) is 3.51. The number of aryl methyl sites for hydroxylation is 1. The number of benzene rings is 2. The molecule has 0 unspecified atom stereocenters. The summed E-state index contributed by atoms with van der Waals surface area (Å²) < 4.78 is 1.89. The fourth-order valence-corrected chi connectivity index (χ4v) is 4.59. The van der Waals surface area contributed by atoms with E-state index in [0.29, 0.717) is 12.8 Å². The smallest absolute Gasteiger partial charge is 0.325 e. The van der Waals surface area contributed by atoms with Crippen LogP contribution in [0.1, 0.15) is 36.1 Å². The van der Waals surface area contributed by atoms with Gasteiger partial charge in [0.05, 0.1) is 12.4 Å². The van der Waals surface area contributed by atoms with Crippen LogP contribution >= 0.6 is 0 Å². The van der Waals surface area contributed by atoms with Crippen molar-refractivity contribution in [1.29, 1.82) is 0 Å². The third-order valence-corrected chi connectivity index (χ3v) is 6.30. The predicted molar refractivity (Wildman–Crippen MR) is 117 cm³/mol. The van der Waals surface area contributed by atoms with Gasteiger partial charge in [-0.05, 0) is 48.6 Å². The van der Waals surface area contributed by atoms with Gasteiger partial charge < -0.3 is 15.2 Å². The van der Waals surface area contributed by atoms with Crippen LogP contribution in [0.3, 0.4) is 0 Å². The molecule has 8 heteroatoms. The summed E-state index contributed by atoms with van der Waals surface area (Å²) in [5.74, 6) is -0.747. The average molecular weight is 429 g/mol. The molecule has 2 atom stereocenters. The maximum atomic E-state index is 13.2. The van der Waals surface area contributed by atoms with Crippen LogP contribution in [0.5, 0.6) is 0 Å². The summed E-state index contributed by atoms with van der Waals surface area (Å²) in [6.07, 6.45) is 6.51. The van der Waals surface area contributed by atoms with Crippen molar-refractivity contribution in [3.05, 3.63) is 83.9 Å². The second-order valence-electron chi connectivity index (χ2n) is 8.23. The minimum atomic E-state index is -1.05. The van der Waals surface area contributed by atoms with Gasteiger partial charge in [0.1, 0.15) is 12.1 Å². The van der Waals surface area contributed by atoms with Crippen molar-refractivity contribution in [3.8, 4) is 5.69 Å². The molecule has 0 saturated carbocycles. The lowest BCUT2D eigenvalue weighted by molar-refractivity contribution is -0.135. The van der Waals surface area contributed by atoms with Gasteiger partial charge in [0.2, 0.25) is 5.91 Å². The van der Waals surface area contributed by atoms with Crippen LogP contribution < -0.4 is 10.6 Å². The molecule has 8 nitrogen and oxygen atoms in total. The minimum absolute atomic E-state index is 0.277. The number of nitrogens with one attached hydrogen (secondary N) is 2. The first-order valence-corrected chi connectivity index (χ1v) is 10.6. The van der Waals surface area contributed by atoms with Gasteiger partial charge >= 0.3 is 6.03 Å². The first kappa shape index (κ1) is 20.0. The third kappa shape index (κ3) is 3.24. The first-order chi connectivity index (χ1) is 15.5. The summed E-state index contributed by atoms with van der Waals surface area (Å²) in [5, 5.41) is 5.73. The topological polar surface area (TPSA) is 96.3 Å². The summed E-state index contributed by atoms with van der Waals surface area (Å²) in [5.41, 5.74) is 2.71. The molecule has 0 radical (unpaired) electrons. The molecule has 2 heterocycles. The molecule has 1 aliphatic heterocycles. The highest BCUT2D eigenvalue weighted by Crippen LogP contribution is 2.41. The highest BCUT2D eigenvalue weighted by molar-refractivity contribution is 6.09. The number of carbonyl (C=O) groups excluding carboxylic acids is 3. The lowest BCUT2D eigenvalue weighted by Gasteiger charge is -2.22. The second kappa shape index (κ2) is 7.64. The van der Waals surface area contributed by atoms with E-state index in [1.807, 2.05) is 66.2 Å². The van der Waals surface area contributed by atoms with Crippen LogP contribution in [0.4, 0.5) is 4.79 Å². The van der Waals surface area contributed by atoms with Crippen molar-refractivity contribution in [2.75, 3.05) is 6.54 Å². The lowest BCUT2D eigenvalue weighted by Crippen LogP contribution is -2.44. The highest BCUT2D eigenvalue weighted by atomic mass is 16.2. The molecule has 1 aromatic heterocycles. The van der Waals surface area contributed by atoms with Gasteiger partial charge in [-0.25, -0.2) is 9.78 Å². The normalized spacial score (nSPS) is 20.3. The van der Waals surface area contributed by atoms with E-state index in [9.17, 15) is 14.4 Å². The summed E-state index contributed by atoms with van der Waals surface area (Å²) in [4.78, 5) is 43.5. The number of imidazole rings is 1. The quantitative estimate of drug-likeness (QED) is 0.609. The van der Waals surface area contributed by atoms with Crippen molar-refractivity contribution in [1.82, 2.24) is 25.1 Å². The highest BCUT2D eigenvalue weighted by Gasteiger charge is 2.55. The number of fused-ring (bicyclic) bond motifs is 2. The van der Waals surface area contributed by atoms with Crippen molar-refractivity contribution in [2.24, 2.45) is 0 Å². The summed E-state index contributed by atoms with van der Waals surface area (Å²) in [6, 6.07) is 14.6. The van der Waals surface area contributed by atoms with Crippen molar-refractivity contribution in [3.63, 3.8) is 0 Å². The van der Waals surface area contributed by atoms with Crippen LogP contribution in [0.2, 0.25) is 0 Å². The number of urea groups is 1. The van der Waals surface area contributed by atoms with E-state index in [4.69, 9.17) is 0 Å². The zero-order chi connectivity index (χ0) is 22.3. The molecular weight excluding hydrogens is 406 g/mol. The van der Waals surface area contributed by atoms with Gasteiger partial charge in [0, 0.05) is 18.1 Å². The molecule has 1 saturated heterocycles. The zero-order valence-electron chi connectivity index (χ0n) is 17.6. The summed E-state index contributed by atoms with van der Waals surface area (Å²) in [6.45, 7) is 1.55. The second-order valence-corrected chi connectivity index (χ2v) is 8.23. The van der Waals surface area contributed by atoms with E-state index in [2.05, 4.69) is 15.6 Å². The molecule has 32 heavy (non-hydrogen) atoms. The SMILES string of the molecule is C[C@@H](NC(=O)CN1C(=O)N[C@]2(CCc3ccccc32)C1=O)c1ccc(-n2ccnc2)cc1. The molecule has 0 bridgehead atoms. The molecule has 1 spiro atoms. The van der Waals surface area contributed by atoms with Gasteiger partial charge in [0.25, 0.3) is 5.91 Å². The number of nitrogens with zero attached hydrogens (tertiary/aromatic N) is 3. The molecule has 1 aliphatic carbocycles. The van der Waals surface area contributed by atoms with Crippen LogP contribution in [0.15, 0.2) is 67.3 Å². The van der Waals surface area contributed by atoms with E-state index >= 15 is 0 Å².